The molecular formula is C10H16N2O2S. The number of carbonyl (C=O) groups is 2. The molecule has 2 atom stereocenters. The number of amides is 2. The Balaban J connectivity index is 2.08. The first-order chi connectivity index (χ1) is 7.22. The average Bonchev–Trinajstić information content (AvgIpc) is 2.74. The molecule has 0 bridgehead atoms. The van der Waals surface area contributed by atoms with Gasteiger partial charge in [-0.1, -0.05) is 6.92 Å². The Morgan fingerprint density at radius 1 is 1.53 bits per heavy atom. The van der Waals surface area contributed by atoms with E-state index in [1.807, 2.05) is 18.7 Å². The molecule has 2 heterocycles. The number of nitrogens with zero attached hydrogens (tertiary/aromatic N) is 1. The predicted molar refractivity (Wildman–Crippen MR) is 59.7 cm³/mol. The van der Waals surface area contributed by atoms with Crippen molar-refractivity contribution < 1.29 is 9.59 Å². The molecule has 2 saturated heterocycles. The third kappa shape index (κ3) is 2.12. The van der Waals surface area contributed by atoms with Gasteiger partial charge in [0.15, 0.2) is 0 Å². The lowest BCUT2D eigenvalue weighted by Crippen LogP contribution is -2.60. The summed E-state index contributed by atoms with van der Waals surface area (Å²) < 4.78 is 0. The van der Waals surface area contributed by atoms with Gasteiger partial charge in [0.25, 0.3) is 0 Å². The van der Waals surface area contributed by atoms with Gasteiger partial charge in [0.2, 0.25) is 11.8 Å². The zero-order valence-corrected chi connectivity index (χ0v) is 9.68. The third-order valence-electron chi connectivity index (χ3n) is 2.99. The second-order valence-corrected chi connectivity index (χ2v) is 5.16. The Kier molecular flexibility index (Phi) is 3.19. The van der Waals surface area contributed by atoms with Gasteiger partial charge in [0, 0.05) is 11.8 Å². The highest BCUT2D eigenvalue weighted by Crippen LogP contribution is 2.24. The van der Waals surface area contributed by atoms with Crippen molar-refractivity contribution in [2.45, 2.75) is 31.8 Å². The van der Waals surface area contributed by atoms with Crippen molar-refractivity contribution in [2.24, 2.45) is 0 Å². The fourth-order valence-electron chi connectivity index (χ4n) is 2.09. The number of nitrogens with one attached hydrogen (secondary N) is 1. The standard InChI is InChI=1S/C10H16N2O2S/c1-2-8-10(14)12(5-9(13)11-8)7-3-4-15-6-7/h7-8H,2-6H2,1H3,(H,11,13). The van der Waals surface area contributed by atoms with Crippen LogP contribution in [0.5, 0.6) is 0 Å². The lowest BCUT2D eigenvalue weighted by molar-refractivity contribution is -0.146. The van der Waals surface area contributed by atoms with E-state index in [2.05, 4.69) is 5.32 Å². The van der Waals surface area contributed by atoms with Crippen LogP contribution >= 0.6 is 11.8 Å². The minimum absolute atomic E-state index is 0.0154. The van der Waals surface area contributed by atoms with Gasteiger partial charge in [-0.05, 0) is 18.6 Å². The molecule has 5 heteroatoms. The van der Waals surface area contributed by atoms with Crippen LogP contribution in [0.2, 0.25) is 0 Å². The SMILES string of the molecule is CCC1NC(=O)CN(C2CCSC2)C1=O. The summed E-state index contributed by atoms with van der Waals surface area (Å²) in [5.41, 5.74) is 0. The van der Waals surface area contributed by atoms with E-state index in [1.165, 1.54) is 0 Å². The molecule has 0 aromatic carbocycles. The van der Waals surface area contributed by atoms with Crippen LogP contribution in [0.3, 0.4) is 0 Å². The molecule has 4 nitrogen and oxygen atoms in total. The normalized spacial score (nSPS) is 31.9. The molecule has 0 aliphatic carbocycles. The molecule has 2 aliphatic heterocycles. The largest absolute Gasteiger partial charge is 0.343 e. The van der Waals surface area contributed by atoms with Crippen LogP contribution in [0.4, 0.5) is 0 Å². The van der Waals surface area contributed by atoms with Crippen LogP contribution in [0, 0.1) is 0 Å². The van der Waals surface area contributed by atoms with Crippen molar-refractivity contribution in [2.75, 3.05) is 18.1 Å². The van der Waals surface area contributed by atoms with Crippen molar-refractivity contribution >= 4 is 23.6 Å². The van der Waals surface area contributed by atoms with E-state index in [9.17, 15) is 9.59 Å². The molecule has 2 unspecified atom stereocenters. The van der Waals surface area contributed by atoms with Crippen LogP contribution < -0.4 is 5.32 Å². The smallest absolute Gasteiger partial charge is 0.245 e. The highest BCUT2D eigenvalue weighted by atomic mass is 32.2. The topological polar surface area (TPSA) is 49.4 Å². The zero-order chi connectivity index (χ0) is 10.8. The molecule has 1 N–H and O–H groups in total. The van der Waals surface area contributed by atoms with Crippen molar-refractivity contribution in [3.05, 3.63) is 0 Å². The molecule has 0 spiro atoms. The number of carbonyl (C=O) groups excluding carboxylic acids is 2. The number of piperazine rings is 1. The Labute approximate surface area is 93.8 Å². The monoisotopic (exact) mass is 228 g/mol. The molecule has 2 rings (SSSR count). The summed E-state index contributed by atoms with van der Waals surface area (Å²) in [5, 5.41) is 2.73. The maximum atomic E-state index is 12.0. The molecule has 0 aromatic heterocycles. The molecule has 84 valence electrons. The fraction of sp³-hybridized carbons (Fsp3) is 0.800. The molecule has 0 aromatic rings. The van der Waals surface area contributed by atoms with E-state index in [4.69, 9.17) is 0 Å². The van der Waals surface area contributed by atoms with Gasteiger partial charge in [-0.2, -0.15) is 11.8 Å². The molecule has 2 aliphatic rings. The van der Waals surface area contributed by atoms with Crippen LogP contribution in [-0.4, -0.2) is 46.8 Å². The first kappa shape index (κ1) is 10.8. The Bertz CT molecular complexity index is 277. The van der Waals surface area contributed by atoms with E-state index >= 15 is 0 Å². The summed E-state index contributed by atoms with van der Waals surface area (Å²) in [6.45, 7) is 2.18. The highest BCUT2D eigenvalue weighted by Gasteiger charge is 2.36. The van der Waals surface area contributed by atoms with Gasteiger partial charge in [0.05, 0.1) is 6.54 Å². The first-order valence-electron chi connectivity index (χ1n) is 5.40. The maximum absolute atomic E-state index is 12.0. The lowest BCUT2D eigenvalue weighted by atomic mass is 10.1. The summed E-state index contributed by atoms with van der Waals surface area (Å²) in [6.07, 6.45) is 1.71. The Morgan fingerprint density at radius 2 is 2.33 bits per heavy atom. The van der Waals surface area contributed by atoms with Crippen molar-refractivity contribution in [1.82, 2.24) is 10.2 Å². The number of thioether (sulfide) groups is 1. The maximum Gasteiger partial charge on any atom is 0.245 e. The minimum atomic E-state index is -0.295. The van der Waals surface area contributed by atoms with E-state index in [0.29, 0.717) is 6.42 Å². The Morgan fingerprint density at radius 3 is 2.93 bits per heavy atom. The number of hydrogen-bond donors (Lipinski definition) is 1. The average molecular weight is 228 g/mol. The van der Waals surface area contributed by atoms with E-state index in [1.54, 1.807) is 4.90 Å². The summed E-state index contributed by atoms with van der Waals surface area (Å²) >= 11 is 1.86. The van der Waals surface area contributed by atoms with Crippen molar-refractivity contribution in [3.8, 4) is 0 Å². The summed E-state index contributed by atoms with van der Waals surface area (Å²) in [5.74, 6) is 2.17. The first-order valence-corrected chi connectivity index (χ1v) is 6.55. The van der Waals surface area contributed by atoms with Crippen molar-refractivity contribution in [3.63, 3.8) is 0 Å². The summed E-state index contributed by atoms with van der Waals surface area (Å²) in [7, 11) is 0. The zero-order valence-electron chi connectivity index (χ0n) is 8.86. The molecular weight excluding hydrogens is 212 g/mol. The molecule has 2 fully saturated rings. The third-order valence-corrected chi connectivity index (χ3v) is 4.13. The summed E-state index contributed by atoms with van der Waals surface area (Å²) in [6, 6.07) is -0.0144. The fourth-order valence-corrected chi connectivity index (χ4v) is 3.31. The van der Waals surface area contributed by atoms with Crippen LogP contribution in [0.15, 0.2) is 0 Å². The highest BCUT2D eigenvalue weighted by molar-refractivity contribution is 7.99. The van der Waals surface area contributed by atoms with Gasteiger partial charge in [0.1, 0.15) is 6.04 Å². The van der Waals surface area contributed by atoms with E-state index < -0.39 is 0 Å². The predicted octanol–water partition coefficient (Wildman–Crippen LogP) is 0.229. The van der Waals surface area contributed by atoms with Gasteiger partial charge < -0.3 is 10.2 Å². The van der Waals surface area contributed by atoms with Gasteiger partial charge >= 0.3 is 0 Å². The minimum Gasteiger partial charge on any atom is -0.343 e. The quantitative estimate of drug-likeness (QED) is 0.736. The molecule has 2 amide bonds. The lowest BCUT2D eigenvalue weighted by Gasteiger charge is -2.35. The molecule has 15 heavy (non-hydrogen) atoms. The van der Waals surface area contributed by atoms with E-state index in [0.717, 1.165) is 17.9 Å². The Hall–Kier alpha value is -0.710. The van der Waals surface area contributed by atoms with Gasteiger partial charge in [-0.25, -0.2) is 0 Å². The molecule has 0 radical (unpaired) electrons. The van der Waals surface area contributed by atoms with Crippen LogP contribution in [0.1, 0.15) is 19.8 Å². The summed E-state index contributed by atoms with van der Waals surface area (Å²) in [4.78, 5) is 25.2. The number of hydrogen-bond acceptors (Lipinski definition) is 3. The molecule has 0 saturated carbocycles. The van der Waals surface area contributed by atoms with Crippen LogP contribution in [-0.2, 0) is 9.59 Å². The van der Waals surface area contributed by atoms with Crippen LogP contribution in [0.25, 0.3) is 0 Å². The van der Waals surface area contributed by atoms with Gasteiger partial charge in [-0.15, -0.1) is 0 Å². The van der Waals surface area contributed by atoms with E-state index in [-0.39, 0.29) is 30.4 Å². The second-order valence-electron chi connectivity index (χ2n) is 4.01. The second kappa shape index (κ2) is 4.43. The van der Waals surface area contributed by atoms with Gasteiger partial charge in [-0.3, -0.25) is 9.59 Å². The van der Waals surface area contributed by atoms with Crippen molar-refractivity contribution in [1.29, 1.82) is 0 Å². The number of rotatable bonds is 2.